The highest BCUT2D eigenvalue weighted by Crippen LogP contribution is 2.27. The summed E-state index contributed by atoms with van der Waals surface area (Å²) in [6, 6.07) is 5.02. The second kappa shape index (κ2) is 7.21. The van der Waals surface area contributed by atoms with Crippen LogP contribution >= 0.6 is 11.6 Å². The fourth-order valence-electron chi connectivity index (χ4n) is 1.67. The summed E-state index contributed by atoms with van der Waals surface area (Å²) in [6.45, 7) is 2.33. The van der Waals surface area contributed by atoms with Gasteiger partial charge in [-0.2, -0.15) is 0 Å². The molecule has 6 heteroatoms. The van der Waals surface area contributed by atoms with E-state index in [1.54, 1.807) is 19.2 Å². The second-order valence-corrected chi connectivity index (χ2v) is 4.95. The Hall–Kier alpha value is -1.46. The van der Waals surface area contributed by atoms with Gasteiger partial charge in [0.25, 0.3) is 0 Å². The van der Waals surface area contributed by atoms with E-state index in [1.807, 2.05) is 32.0 Å². The first-order valence-electron chi connectivity index (χ1n) is 5.97. The van der Waals surface area contributed by atoms with E-state index >= 15 is 0 Å². The van der Waals surface area contributed by atoms with Crippen LogP contribution in [0.5, 0.6) is 0 Å². The smallest absolute Gasteiger partial charge is 0.319 e. The summed E-state index contributed by atoms with van der Waals surface area (Å²) >= 11 is 5.95. The number of hydrogen-bond donors (Lipinski definition) is 2. The average molecular weight is 286 g/mol. The van der Waals surface area contributed by atoms with Crippen LogP contribution in [0.1, 0.15) is 6.92 Å². The number of rotatable bonds is 5. The zero-order valence-corrected chi connectivity index (χ0v) is 12.4. The van der Waals surface area contributed by atoms with Crippen LogP contribution in [-0.4, -0.2) is 39.9 Å². The second-order valence-electron chi connectivity index (χ2n) is 4.51. The molecule has 1 unspecified atom stereocenters. The van der Waals surface area contributed by atoms with Crippen LogP contribution in [0.3, 0.4) is 0 Å². The Morgan fingerprint density at radius 1 is 1.47 bits per heavy atom. The molecule has 0 bridgehead atoms. The van der Waals surface area contributed by atoms with Crippen molar-refractivity contribution in [2.75, 3.05) is 38.0 Å². The normalized spacial score (nSPS) is 11.8. The van der Waals surface area contributed by atoms with Crippen molar-refractivity contribution < 1.29 is 9.53 Å². The summed E-state index contributed by atoms with van der Waals surface area (Å²) in [6.07, 6.45) is 0. The SMILES string of the molecule is COCC(C)NC(=O)Nc1cc(Cl)ccc1N(C)C. The van der Waals surface area contributed by atoms with Crippen molar-refractivity contribution in [3.05, 3.63) is 23.2 Å². The minimum Gasteiger partial charge on any atom is -0.383 e. The zero-order chi connectivity index (χ0) is 14.4. The summed E-state index contributed by atoms with van der Waals surface area (Å²) in [4.78, 5) is 13.8. The Morgan fingerprint density at radius 2 is 2.16 bits per heavy atom. The quantitative estimate of drug-likeness (QED) is 0.874. The molecule has 2 N–H and O–H groups in total. The van der Waals surface area contributed by atoms with Gasteiger partial charge in [0.2, 0.25) is 0 Å². The predicted octanol–water partition coefficient (Wildman–Crippen LogP) is 2.56. The molecule has 0 aliphatic carbocycles. The molecule has 106 valence electrons. The highest BCUT2D eigenvalue weighted by Gasteiger charge is 2.11. The lowest BCUT2D eigenvalue weighted by Crippen LogP contribution is -2.38. The molecule has 0 heterocycles. The molecule has 0 spiro atoms. The third-order valence-electron chi connectivity index (χ3n) is 2.48. The molecule has 19 heavy (non-hydrogen) atoms. The van der Waals surface area contributed by atoms with Gasteiger partial charge >= 0.3 is 6.03 Å². The van der Waals surface area contributed by atoms with E-state index in [1.165, 1.54) is 0 Å². The number of carbonyl (C=O) groups excluding carboxylic acids is 1. The molecule has 1 aromatic carbocycles. The van der Waals surface area contributed by atoms with Crippen molar-refractivity contribution in [3.63, 3.8) is 0 Å². The Morgan fingerprint density at radius 3 is 2.74 bits per heavy atom. The summed E-state index contributed by atoms with van der Waals surface area (Å²) in [5.41, 5.74) is 1.55. The van der Waals surface area contributed by atoms with Crippen LogP contribution in [0.15, 0.2) is 18.2 Å². The van der Waals surface area contributed by atoms with Gasteiger partial charge in [-0.1, -0.05) is 11.6 Å². The van der Waals surface area contributed by atoms with E-state index in [9.17, 15) is 4.79 Å². The van der Waals surface area contributed by atoms with E-state index in [-0.39, 0.29) is 12.1 Å². The highest BCUT2D eigenvalue weighted by atomic mass is 35.5. The van der Waals surface area contributed by atoms with Gasteiger partial charge in [0.15, 0.2) is 0 Å². The number of ether oxygens (including phenoxy) is 1. The van der Waals surface area contributed by atoms with Crippen molar-refractivity contribution in [1.29, 1.82) is 0 Å². The lowest BCUT2D eigenvalue weighted by molar-refractivity contribution is 0.173. The van der Waals surface area contributed by atoms with Gasteiger partial charge in [-0.05, 0) is 25.1 Å². The van der Waals surface area contributed by atoms with Gasteiger partial charge in [0.05, 0.1) is 24.0 Å². The van der Waals surface area contributed by atoms with Crippen molar-refractivity contribution >= 4 is 29.0 Å². The number of methoxy groups -OCH3 is 1. The van der Waals surface area contributed by atoms with Crippen molar-refractivity contribution in [3.8, 4) is 0 Å². The van der Waals surface area contributed by atoms with Crippen LogP contribution in [0.2, 0.25) is 5.02 Å². The summed E-state index contributed by atoms with van der Waals surface area (Å²) in [7, 11) is 5.40. The fourth-order valence-corrected chi connectivity index (χ4v) is 1.84. The maximum atomic E-state index is 11.8. The van der Waals surface area contributed by atoms with Crippen LogP contribution in [-0.2, 0) is 4.74 Å². The first-order valence-corrected chi connectivity index (χ1v) is 6.35. The average Bonchev–Trinajstić information content (AvgIpc) is 2.28. The number of benzene rings is 1. The molecule has 2 amide bonds. The Kier molecular flexibility index (Phi) is 5.92. The summed E-state index contributed by atoms with van der Waals surface area (Å²) in [5.74, 6) is 0. The predicted molar refractivity (Wildman–Crippen MR) is 79.3 cm³/mol. The minimum absolute atomic E-state index is 0.0630. The first-order chi connectivity index (χ1) is 8.93. The van der Waals surface area contributed by atoms with E-state index in [2.05, 4.69) is 10.6 Å². The van der Waals surface area contributed by atoms with Gasteiger partial charge in [-0.25, -0.2) is 4.79 Å². The Bertz CT molecular complexity index is 438. The molecule has 0 aromatic heterocycles. The van der Waals surface area contributed by atoms with Gasteiger partial charge in [-0.3, -0.25) is 0 Å². The molecule has 0 aliphatic rings. The number of anilines is 2. The number of halogens is 1. The third kappa shape index (κ3) is 4.96. The molecule has 0 radical (unpaired) electrons. The highest BCUT2D eigenvalue weighted by molar-refractivity contribution is 6.31. The van der Waals surface area contributed by atoms with Gasteiger partial charge in [0.1, 0.15) is 0 Å². The van der Waals surface area contributed by atoms with Gasteiger partial charge in [-0.15, -0.1) is 0 Å². The largest absolute Gasteiger partial charge is 0.383 e. The van der Waals surface area contributed by atoms with E-state index in [0.29, 0.717) is 17.3 Å². The molecule has 5 nitrogen and oxygen atoms in total. The molecule has 0 saturated heterocycles. The first kappa shape index (κ1) is 15.6. The van der Waals surface area contributed by atoms with Crippen LogP contribution in [0, 0.1) is 0 Å². The maximum Gasteiger partial charge on any atom is 0.319 e. The number of amides is 2. The number of carbonyl (C=O) groups is 1. The number of nitrogens with one attached hydrogen (secondary N) is 2. The van der Waals surface area contributed by atoms with E-state index < -0.39 is 0 Å². The van der Waals surface area contributed by atoms with Crippen molar-refractivity contribution in [1.82, 2.24) is 5.32 Å². The number of hydrogen-bond acceptors (Lipinski definition) is 3. The molecule has 0 aliphatic heterocycles. The minimum atomic E-state index is -0.282. The molecular formula is C13H20ClN3O2. The lowest BCUT2D eigenvalue weighted by Gasteiger charge is -2.19. The summed E-state index contributed by atoms with van der Waals surface area (Å²) in [5, 5.41) is 6.14. The maximum absolute atomic E-state index is 11.8. The lowest BCUT2D eigenvalue weighted by atomic mass is 10.2. The monoisotopic (exact) mass is 285 g/mol. The molecule has 1 aromatic rings. The molecule has 1 rings (SSSR count). The van der Waals surface area contributed by atoms with E-state index in [4.69, 9.17) is 16.3 Å². The molecule has 0 fully saturated rings. The van der Waals surface area contributed by atoms with Crippen LogP contribution in [0.25, 0.3) is 0 Å². The topological polar surface area (TPSA) is 53.6 Å². The summed E-state index contributed by atoms with van der Waals surface area (Å²) < 4.78 is 4.96. The zero-order valence-electron chi connectivity index (χ0n) is 11.7. The number of nitrogens with zero attached hydrogens (tertiary/aromatic N) is 1. The van der Waals surface area contributed by atoms with Crippen molar-refractivity contribution in [2.45, 2.75) is 13.0 Å². The van der Waals surface area contributed by atoms with Crippen LogP contribution < -0.4 is 15.5 Å². The van der Waals surface area contributed by atoms with Crippen LogP contribution in [0.4, 0.5) is 16.2 Å². The third-order valence-corrected chi connectivity index (χ3v) is 2.72. The Balaban J connectivity index is 2.75. The van der Waals surface area contributed by atoms with Gasteiger partial charge < -0.3 is 20.3 Å². The fraction of sp³-hybridized carbons (Fsp3) is 0.462. The standard InChI is InChI=1S/C13H20ClN3O2/c1-9(8-19-4)15-13(18)16-11-7-10(14)5-6-12(11)17(2)3/h5-7,9H,8H2,1-4H3,(H2,15,16,18). The molecular weight excluding hydrogens is 266 g/mol. The number of urea groups is 1. The van der Waals surface area contributed by atoms with E-state index in [0.717, 1.165) is 5.69 Å². The van der Waals surface area contributed by atoms with Crippen molar-refractivity contribution in [2.24, 2.45) is 0 Å². The van der Waals surface area contributed by atoms with Gasteiger partial charge in [0, 0.05) is 26.2 Å². The Labute approximate surface area is 118 Å². The molecule has 0 saturated carbocycles. The molecule has 1 atom stereocenters.